The van der Waals surface area contributed by atoms with Gasteiger partial charge in [0.1, 0.15) is 5.75 Å². The number of hydrogen-bond donors (Lipinski definition) is 0. The van der Waals surface area contributed by atoms with Crippen molar-refractivity contribution in [1.82, 2.24) is 4.98 Å². The molecule has 0 saturated heterocycles. The summed E-state index contributed by atoms with van der Waals surface area (Å²) in [6.45, 7) is 3.76. The van der Waals surface area contributed by atoms with Crippen LogP contribution in [0.3, 0.4) is 0 Å². The molecule has 0 fully saturated rings. The van der Waals surface area contributed by atoms with Crippen LogP contribution in [0.4, 0.5) is 0 Å². The number of esters is 1. The predicted molar refractivity (Wildman–Crippen MR) is 111 cm³/mol. The Labute approximate surface area is 171 Å². The van der Waals surface area contributed by atoms with E-state index in [1.165, 1.54) is 7.11 Å². The minimum atomic E-state index is -1.21. The highest BCUT2D eigenvalue weighted by Gasteiger charge is 2.49. The summed E-state index contributed by atoms with van der Waals surface area (Å²) in [4.78, 5) is 17.4. The Morgan fingerprint density at radius 1 is 0.862 bits per heavy atom. The van der Waals surface area contributed by atoms with Crippen molar-refractivity contribution in [3.05, 3.63) is 95.3 Å². The van der Waals surface area contributed by atoms with Gasteiger partial charge in [-0.25, -0.2) is 4.79 Å². The average molecular weight is 391 g/mol. The molecule has 0 saturated carbocycles. The highest BCUT2D eigenvalue weighted by molar-refractivity contribution is 5.78. The number of ether oxygens (including phenoxy) is 3. The molecule has 0 radical (unpaired) electrons. The molecule has 3 rings (SSSR count). The van der Waals surface area contributed by atoms with Crippen LogP contribution in [0.25, 0.3) is 0 Å². The number of nitrogens with zero attached hydrogens (tertiary/aromatic N) is 1. The molecule has 0 amide bonds. The lowest BCUT2D eigenvalue weighted by atomic mass is 9.81. The lowest BCUT2D eigenvalue weighted by molar-refractivity contribution is -0.163. The first-order valence-electron chi connectivity index (χ1n) is 9.37. The maximum atomic E-state index is 13.0. The standard InChI is InChI=1S/C24H25NO4/c1-17-15-21(16-18(2)25-17)29-22(23(26)27-3)24(28-4,19-11-7-5-8-12-19)20-13-9-6-10-14-20/h5-16,22H,1-4H3. The second kappa shape index (κ2) is 8.88. The van der Waals surface area contributed by atoms with Crippen molar-refractivity contribution in [2.45, 2.75) is 25.6 Å². The summed E-state index contributed by atoms with van der Waals surface area (Å²) < 4.78 is 17.5. The highest BCUT2D eigenvalue weighted by Crippen LogP contribution is 2.39. The Bertz CT molecular complexity index is 897. The molecule has 1 heterocycles. The van der Waals surface area contributed by atoms with Crippen molar-refractivity contribution in [3.8, 4) is 5.75 Å². The molecule has 5 heteroatoms. The molecule has 5 nitrogen and oxygen atoms in total. The molecule has 0 aliphatic rings. The van der Waals surface area contributed by atoms with Gasteiger partial charge >= 0.3 is 5.97 Å². The van der Waals surface area contributed by atoms with E-state index in [1.807, 2.05) is 74.5 Å². The SMILES string of the molecule is COC(=O)C(Oc1cc(C)nc(C)c1)C(OC)(c1ccccc1)c1ccccc1. The van der Waals surface area contributed by atoms with Gasteiger partial charge in [-0.15, -0.1) is 0 Å². The fourth-order valence-corrected chi connectivity index (χ4v) is 3.59. The Morgan fingerprint density at radius 3 is 1.76 bits per heavy atom. The van der Waals surface area contributed by atoms with Crippen molar-refractivity contribution in [2.75, 3.05) is 14.2 Å². The van der Waals surface area contributed by atoms with Crippen molar-refractivity contribution in [3.63, 3.8) is 0 Å². The fraction of sp³-hybridized carbons (Fsp3) is 0.250. The third kappa shape index (κ3) is 4.15. The third-order valence-corrected chi connectivity index (χ3v) is 4.82. The van der Waals surface area contributed by atoms with Crippen molar-refractivity contribution in [1.29, 1.82) is 0 Å². The van der Waals surface area contributed by atoms with Gasteiger partial charge in [0.2, 0.25) is 6.10 Å². The zero-order valence-corrected chi connectivity index (χ0v) is 17.1. The van der Waals surface area contributed by atoms with Crippen molar-refractivity contribution < 1.29 is 19.0 Å². The van der Waals surface area contributed by atoms with Gasteiger partial charge in [-0.3, -0.25) is 4.98 Å². The summed E-state index contributed by atoms with van der Waals surface area (Å²) in [6.07, 6.45) is -1.08. The number of hydrogen-bond acceptors (Lipinski definition) is 5. The van der Waals surface area contributed by atoms with Crippen LogP contribution in [0, 0.1) is 13.8 Å². The summed E-state index contributed by atoms with van der Waals surface area (Å²) in [7, 11) is 2.92. The first-order valence-corrected chi connectivity index (χ1v) is 9.37. The van der Waals surface area contributed by atoms with Gasteiger partial charge in [-0.05, 0) is 25.0 Å². The molecule has 0 aliphatic carbocycles. The number of carbonyl (C=O) groups is 1. The number of methoxy groups -OCH3 is 2. The molecule has 1 unspecified atom stereocenters. The molecule has 29 heavy (non-hydrogen) atoms. The number of carbonyl (C=O) groups excluding carboxylic acids is 1. The van der Waals surface area contributed by atoms with Gasteiger partial charge in [0.25, 0.3) is 0 Å². The van der Waals surface area contributed by atoms with Gasteiger partial charge in [0, 0.05) is 30.6 Å². The Kier molecular flexibility index (Phi) is 6.29. The Hall–Kier alpha value is -3.18. The Morgan fingerprint density at radius 2 is 1.34 bits per heavy atom. The molecule has 0 N–H and O–H groups in total. The zero-order chi connectivity index (χ0) is 20.9. The van der Waals surface area contributed by atoms with Gasteiger partial charge in [0.15, 0.2) is 5.60 Å². The topological polar surface area (TPSA) is 57.7 Å². The van der Waals surface area contributed by atoms with Crippen LogP contribution in [0.1, 0.15) is 22.5 Å². The molecule has 0 spiro atoms. The van der Waals surface area contributed by atoms with E-state index < -0.39 is 17.7 Å². The normalized spacial score (nSPS) is 12.3. The molecule has 150 valence electrons. The number of benzene rings is 2. The second-order valence-electron chi connectivity index (χ2n) is 6.78. The number of rotatable bonds is 7. The zero-order valence-electron chi connectivity index (χ0n) is 17.1. The lowest BCUT2D eigenvalue weighted by Crippen LogP contribution is -2.51. The molecular formula is C24H25NO4. The number of pyridine rings is 1. The summed E-state index contributed by atoms with van der Waals surface area (Å²) >= 11 is 0. The smallest absolute Gasteiger partial charge is 0.350 e. The molecule has 0 aliphatic heterocycles. The van der Waals surface area contributed by atoms with E-state index >= 15 is 0 Å². The molecule has 0 bridgehead atoms. The quantitative estimate of drug-likeness (QED) is 0.565. The van der Waals surface area contributed by atoms with Gasteiger partial charge in [-0.2, -0.15) is 0 Å². The predicted octanol–water partition coefficient (Wildman–Crippen LogP) is 4.21. The van der Waals surface area contributed by atoms with Crippen LogP contribution in [0.15, 0.2) is 72.8 Å². The van der Waals surface area contributed by atoms with Gasteiger partial charge in [-0.1, -0.05) is 60.7 Å². The van der Waals surface area contributed by atoms with Crippen LogP contribution in [0.2, 0.25) is 0 Å². The van der Waals surface area contributed by atoms with Crippen LogP contribution < -0.4 is 4.74 Å². The minimum Gasteiger partial charge on any atom is -0.475 e. The van der Waals surface area contributed by atoms with Gasteiger partial charge < -0.3 is 14.2 Å². The van der Waals surface area contributed by atoms with Crippen molar-refractivity contribution >= 4 is 5.97 Å². The maximum Gasteiger partial charge on any atom is 0.350 e. The van der Waals surface area contributed by atoms with E-state index in [0.717, 1.165) is 22.5 Å². The largest absolute Gasteiger partial charge is 0.475 e. The van der Waals surface area contributed by atoms with E-state index in [0.29, 0.717) is 5.75 Å². The molecule has 1 atom stereocenters. The second-order valence-corrected chi connectivity index (χ2v) is 6.78. The van der Waals surface area contributed by atoms with Crippen LogP contribution in [0.5, 0.6) is 5.75 Å². The molecule has 2 aromatic carbocycles. The first kappa shape index (κ1) is 20.6. The number of aromatic nitrogens is 1. The summed E-state index contributed by atoms with van der Waals surface area (Å²) in [6, 6.07) is 22.7. The van der Waals surface area contributed by atoms with E-state index in [9.17, 15) is 4.79 Å². The average Bonchev–Trinajstić information content (AvgIpc) is 2.74. The molecule has 3 aromatic rings. The van der Waals surface area contributed by atoms with E-state index in [4.69, 9.17) is 14.2 Å². The lowest BCUT2D eigenvalue weighted by Gasteiger charge is -2.38. The monoisotopic (exact) mass is 391 g/mol. The minimum absolute atomic E-state index is 0.527. The van der Waals surface area contributed by atoms with Crippen LogP contribution >= 0.6 is 0 Å². The number of aryl methyl sites for hydroxylation is 2. The summed E-state index contributed by atoms with van der Waals surface area (Å²) in [5.41, 5.74) is 1.95. The highest BCUT2D eigenvalue weighted by atomic mass is 16.6. The van der Waals surface area contributed by atoms with Gasteiger partial charge in [0.05, 0.1) is 7.11 Å². The third-order valence-electron chi connectivity index (χ3n) is 4.82. The van der Waals surface area contributed by atoms with E-state index in [2.05, 4.69) is 4.98 Å². The summed E-state index contributed by atoms with van der Waals surface area (Å²) in [5, 5.41) is 0. The summed E-state index contributed by atoms with van der Waals surface area (Å²) in [5.74, 6) is -0.00892. The van der Waals surface area contributed by atoms with E-state index in [1.54, 1.807) is 19.2 Å². The molecular weight excluding hydrogens is 366 g/mol. The Balaban J connectivity index is 2.22. The van der Waals surface area contributed by atoms with Crippen LogP contribution in [-0.4, -0.2) is 31.3 Å². The van der Waals surface area contributed by atoms with Crippen molar-refractivity contribution in [2.24, 2.45) is 0 Å². The first-order chi connectivity index (χ1) is 14.0. The maximum absolute atomic E-state index is 13.0. The molecule has 1 aromatic heterocycles. The van der Waals surface area contributed by atoms with E-state index in [-0.39, 0.29) is 0 Å². The van der Waals surface area contributed by atoms with Crippen LogP contribution in [-0.2, 0) is 19.9 Å². The fourth-order valence-electron chi connectivity index (χ4n) is 3.59.